The van der Waals surface area contributed by atoms with Crippen LogP contribution in [0, 0.1) is 6.92 Å². The Hall–Kier alpha value is -2.82. The van der Waals surface area contributed by atoms with Gasteiger partial charge >= 0.3 is 6.18 Å². The summed E-state index contributed by atoms with van der Waals surface area (Å²) in [5, 5.41) is 7.42. The van der Waals surface area contributed by atoms with Crippen LogP contribution in [0.2, 0.25) is 10.0 Å². The largest absolute Gasteiger partial charge is 0.435 e. The average Bonchev–Trinajstić information content (AvgIpc) is 3.33. The topological polar surface area (TPSA) is 80.2 Å². The molecular weight excluding hydrogens is 498 g/mol. The lowest BCUT2D eigenvalue weighted by atomic mass is 9.86. The number of alkyl halides is 3. The Bertz CT molecular complexity index is 1180. The lowest BCUT2D eigenvalue weighted by molar-refractivity contribution is -0.275. The number of carbonyl (C=O) groups excluding carboxylic acids is 2. The Morgan fingerprint density at radius 2 is 1.88 bits per heavy atom. The number of nitrogens with zero attached hydrogens (tertiary/aromatic N) is 2. The van der Waals surface area contributed by atoms with E-state index in [4.69, 9.17) is 32.9 Å². The van der Waals surface area contributed by atoms with E-state index in [0.717, 1.165) is 17.2 Å². The van der Waals surface area contributed by atoms with E-state index in [1.807, 2.05) is 0 Å². The van der Waals surface area contributed by atoms with Crippen LogP contribution in [0.4, 0.5) is 13.2 Å². The minimum Gasteiger partial charge on any atom is -0.374 e. The summed E-state index contributed by atoms with van der Waals surface area (Å²) >= 11 is 11.9. The van der Waals surface area contributed by atoms with Gasteiger partial charge < -0.3 is 10.2 Å². The molecule has 1 saturated heterocycles. The number of hydrogen-bond acceptors (Lipinski definition) is 5. The zero-order valence-corrected chi connectivity index (χ0v) is 19.4. The van der Waals surface area contributed by atoms with E-state index in [1.54, 1.807) is 6.92 Å². The molecule has 0 spiro atoms. The van der Waals surface area contributed by atoms with Crippen LogP contribution in [0.15, 0.2) is 41.6 Å². The molecule has 0 radical (unpaired) electrons. The number of likely N-dealkylation sites (N-methyl/N-ethyl adjacent to an activating group) is 1. The Morgan fingerprint density at radius 3 is 2.44 bits per heavy atom. The van der Waals surface area contributed by atoms with E-state index in [0.29, 0.717) is 11.1 Å². The van der Waals surface area contributed by atoms with E-state index in [1.165, 1.54) is 31.3 Å². The van der Waals surface area contributed by atoms with Crippen LogP contribution < -0.4 is 5.32 Å². The maximum Gasteiger partial charge on any atom is 0.435 e. The van der Waals surface area contributed by atoms with E-state index < -0.39 is 30.1 Å². The molecule has 0 aromatic heterocycles. The maximum atomic E-state index is 14.2. The van der Waals surface area contributed by atoms with Gasteiger partial charge in [-0.15, -0.1) is 0 Å². The van der Waals surface area contributed by atoms with Crippen molar-refractivity contribution in [2.24, 2.45) is 5.16 Å². The fourth-order valence-electron chi connectivity index (χ4n) is 3.82. The molecule has 0 bridgehead atoms. The quantitative estimate of drug-likeness (QED) is 0.654. The number of hydroxylamine groups is 2. The van der Waals surface area contributed by atoms with Crippen molar-refractivity contribution in [2.75, 3.05) is 13.7 Å². The first-order valence-electron chi connectivity index (χ1n) is 10.0. The average molecular weight is 516 g/mol. The lowest BCUT2D eigenvalue weighted by Gasteiger charge is -2.29. The first-order chi connectivity index (χ1) is 15.9. The normalized spacial score (nSPS) is 22.6. The van der Waals surface area contributed by atoms with Crippen molar-refractivity contribution in [1.82, 2.24) is 10.4 Å². The summed E-state index contributed by atoms with van der Waals surface area (Å²) < 4.78 is 42.5. The van der Waals surface area contributed by atoms with Gasteiger partial charge in [0, 0.05) is 34.6 Å². The molecule has 7 nitrogen and oxygen atoms in total. The van der Waals surface area contributed by atoms with Crippen LogP contribution in [0.1, 0.15) is 33.5 Å². The van der Waals surface area contributed by atoms with Crippen LogP contribution in [-0.2, 0) is 20.1 Å². The van der Waals surface area contributed by atoms with Crippen LogP contribution in [0.5, 0.6) is 0 Å². The Balaban J connectivity index is 1.58. The van der Waals surface area contributed by atoms with E-state index in [-0.39, 0.29) is 39.4 Å². The number of aryl methyl sites for hydroxylation is 1. The minimum atomic E-state index is -4.82. The van der Waals surface area contributed by atoms with Crippen LogP contribution in [0.3, 0.4) is 0 Å². The van der Waals surface area contributed by atoms with Gasteiger partial charge in [-0.2, -0.15) is 13.2 Å². The zero-order valence-electron chi connectivity index (χ0n) is 17.9. The molecule has 0 saturated carbocycles. The van der Waals surface area contributed by atoms with Crippen molar-refractivity contribution in [2.45, 2.75) is 31.2 Å². The molecular formula is C22H18Cl2F3N3O4. The molecule has 1 fully saturated rings. The molecule has 2 amide bonds. The standard InChI is InChI=1S/C22H18Cl2F3N3O4/c1-11-5-12(3-4-16(11)19(31)28-18-10-33-30(2)20(18)32)17-9-21(34-29-17,22(25,26)27)13-6-14(23)8-15(24)7-13/h3-8,18H,9-10H2,1-2H3,(H,28,31)/t18-,21?/m0/s1. The second kappa shape index (κ2) is 8.75. The molecule has 2 heterocycles. The highest BCUT2D eigenvalue weighted by Gasteiger charge is 2.62. The number of amides is 2. The predicted molar refractivity (Wildman–Crippen MR) is 118 cm³/mol. The smallest absolute Gasteiger partial charge is 0.374 e. The monoisotopic (exact) mass is 515 g/mol. The highest BCUT2D eigenvalue weighted by atomic mass is 35.5. The van der Waals surface area contributed by atoms with Crippen LogP contribution in [-0.4, -0.2) is 48.5 Å². The van der Waals surface area contributed by atoms with Gasteiger partial charge in [0.05, 0.1) is 5.71 Å². The van der Waals surface area contributed by atoms with Crippen molar-refractivity contribution in [3.8, 4) is 0 Å². The molecule has 1 N–H and O–H groups in total. The Labute approximate surface area is 202 Å². The number of rotatable bonds is 4. The predicted octanol–water partition coefficient (Wildman–Crippen LogP) is 4.39. The molecule has 1 unspecified atom stereocenters. The van der Waals surface area contributed by atoms with Gasteiger partial charge in [0.2, 0.25) is 0 Å². The molecule has 2 aromatic carbocycles. The fraction of sp³-hybridized carbons (Fsp3) is 0.318. The second-order valence-electron chi connectivity index (χ2n) is 7.98. The van der Waals surface area contributed by atoms with Crippen molar-refractivity contribution in [3.05, 3.63) is 68.7 Å². The first kappa shape index (κ1) is 24.3. The molecule has 0 aliphatic carbocycles. The van der Waals surface area contributed by atoms with Crippen LogP contribution in [0.25, 0.3) is 0 Å². The number of hydrogen-bond donors (Lipinski definition) is 1. The van der Waals surface area contributed by atoms with E-state index in [9.17, 15) is 22.8 Å². The van der Waals surface area contributed by atoms with Gasteiger partial charge in [0.25, 0.3) is 17.4 Å². The molecule has 2 aliphatic heterocycles. The van der Waals surface area contributed by atoms with Crippen molar-refractivity contribution in [1.29, 1.82) is 0 Å². The molecule has 180 valence electrons. The highest BCUT2D eigenvalue weighted by Crippen LogP contribution is 2.49. The molecule has 34 heavy (non-hydrogen) atoms. The molecule has 12 heteroatoms. The van der Waals surface area contributed by atoms with Crippen molar-refractivity contribution in [3.63, 3.8) is 0 Å². The highest BCUT2D eigenvalue weighted by molar-refractivity contribution is 6.34. The maximum absolute atomic E-state index is 14.2. The summed E-state index contributed by atoms with van der Waals surface area (Å²) in [6, 6.07) is 7.25. The third kappa shape index (κ3) is 4.33. The molecule has 2 aliphatic rings. The molecule has 2 atom stereocenters. The lowest BCUT2D eigenvalue weighted by Crippen LogP contribution is -2.42. The SMILES string of the molecule is Cc1cc(C2=NOC(c3cc(Cl)cc(Cl)c3)(C(F)(F)F)C2)ccc1C(=O)N[C@H]1CON(C)C1=O. The number of halogens is 5. The minimum absolute atomic E-state index is 0.0133. The van der Waals surface area contributed by atoms with Crippen LogP contribution >= 0.6 is 23.2 Å². The van der Waals surface area contributed by atoms with Gasteiger partial charge in [-0.05, 0) is 48.4 Å². The Morgan fingerprint density at radius 1 is 1.21 bits per heavy atom. The number of oxime groups is 1. The van der Waals surface area contributed by atoms with E-state index >= 15 is 0 Å². The summed E-state index contributed by atoms with van der Waals surface area (Å²) in [6.07, 6.45) is -5.43. The summed E-state index contributed by atoms with van der Waals surface area (Å²) in [5.41, 5.74) is -1.88. The summed E-state index contributed by atoms with van der Waals surface area (Å²) in [7, 11) is 1.44. The number of benzene rings is 2. The van der Waals surface area contributed by atoms with E-state index in [2.05, 4.69) is 10.5 Å². The summed E-state index contributed by atoms with van der Waals surface area (Å²) in [6.45, 7) is 1.64. The van der Waals surface area contributed by atoms with Gasteiger partial charge in [0.1, 0.15) is 12.6 Å². The third-order valence-electron chi connectivity index (χ3n) is 5.67. The fourth-order valence-corrected chi connectivity index (χ4v) is 4.35. The number of nitrogens with one attached hydrogen (secondary N) is 1. The molecule has 4 rings (SSSR count). The van der Waals surface area contributed by atoms with Crippen molar-refractivity contribution >= 4 is 40.7 Å². The summed E-state index contributed by atoms with van der Waals surface area (Å²) in [5.74, 6) is -0.895. The summed E-state index contributed by atoms with van der Waals surface area (Å²) in [4.78, 5) is 34.6. The van der Waals surface area contributed by atoms with Gasteiger partial charge in [-0.25, -0.2) is 5.06 Å². The Kier molecular flexibility index (Phi) is 6.26. The second-order valence-corrected chi connectivity index (χ2v) is 8.85. The number of carbonyl (C=O) groups is 2. The molecule has 2 aromatic rings. The third-order valence-corrected chi connectivity index (χ3v) is 6.10. The first-order valence-corrected chi connectivity index (χ1v) is 10.8. The zero-order chi connectivity index (χ0) is 24.8. The van der Waals surface area contributed by atoms with Gasteiger partial charge in [0.15, 0.2) is 0 Å². The van der Waals surface area contributed by atoms with Gasteiger partial charge in [-0.3, -0.25) is 14.4 Å². The van der Waals surface area contributed by atoms with Crippen molar-refractivity contribution < 1.29 is 32.4 Å². The van der Waals surface area contributed by atoms with Gasteiger partial charge in [-0.1, -0.05) is 34.4 Å².